The van der Waals surface area contributed by atoms with Crippen LogP contribution in [0.5, 0.6) is 5.75 Å². The fourth-order valence-corrected chi connectivity index (χ4v) is 2.17. The molecule has 0 radical (unpaired) electrons. The number of fused-ring (bicyclic) bond motifs is 1. The first-order chi connectivity index (χ1) is 9.78. The van der Waals surface area contributed by atoms with Gasteiger partial charge < -0.3 is 9.14 Å². The average molecular weight is 266 g/mol. The molecule has 0 saturated carbocycles. The smallest absolute Gasteiger partial charge is 0.170 e. The molecule has 0 N–H and O–H groups in total. The number of aryl methyl sites for hydroxylation is 1. The highest BCUT2D eigenvalue weighted by atomic mass is 16.5. The number of aromatic nitrogens is 2. The number of ether oxygens (including phenoxy) is 1. The molecule has 0 fully saturated rings. The maximum Gasteiger partial charge on any atom is 0.170 e. The summed E-state index contributed by atoms with van der Waals surface area (Å²) in [6, 6.07) is 13.5. The first kappa shape index (κ1) is 12.4. The van der Waals surface area contributed by atoms with Crippen molar-refractivity contribution in [2.45, 2.75) is 13.5 Å². The minimum Gasteiger partial charge on any atom is -0.486 e. The molecule has 1 aromatic carbocycles. The summed E-state index contributed by atoms with van der Waals surface area (Å²) in [4.78, 5) is 15.4. The largest absolute Gasteiger partial charge is 0.486 e. The minimum absolute atomic E-state index is 0.322. The van der Waals surface area contributed by atoms with E-state index in [4.69, 9.17) is 4.74 Å². The van der Waals surface area contributed by atoms with Gasteiger partial charge in [-0.25, -0.2) is 4.98 Å². The zero-order chi connectivity index (χ0) is 13.9. The molecule has 0 atom stereocenters. The van der Waals surface area contributed by atoms with Crippen molar-refractivity contribution in [3.63, 3.8) is 0 Å². The Morgan fingerprint density at radius 3 is 2.95 bits per heavy atom. The van der Waals surface area contributed by atoms with Gasteiger partial charge in [-0.2, -0.15) is 0 Å². The van der Waals surface area contributed by atoms with Gasteiger partial charge in [0.25, 0.3) is 0 Å². The van der Waals surface area contributed by atoms with Crippen LogP contribution in [0.4, 0.5) is 0 Å². The standard InChI is InChI=1S/C16H14N2O2/c1-12-5-4-6-13(9-12)20-11-16-17-14(10-19)15-7-2-3-8-18(15)16/h2-10H,11H2,1H3. The van der Waals surface area contributed by atoms with Crippen molar-refractivity contribution in [1.82, 2.24) is 9.38 Å². The fourth-order valence-electron chi connectivity index (χ4n) is 2.17. The van der Waals surface area contributed by atoms with Gasteiger partial charge in [0.2, 0.25) is 0 Å². The van der Waals surface area contributed by atoms with Crippen LogP contribution >= 0.6 is 0 Å². The number of hydrogen-bond acceptors (Lipinski definition) is 3. The van der Waals surface area contributed by atoms with Crippen molar-refractivity contribution in [3.8, 4) is 5.75 Å². The molecule has 0 amide bonds. The summed E-state index contributed by atoms with van der Waals surface area (Å²) in [5, 5.41) is 0. The Balaban J connectivity index is 1.89. The van der Waals surface area contributed by atoms with E-state index in [1.165, 1.54) is 0 Å². The van der Waals surface area contributed by atoms with Crippen LogP contribution in [0.25, 0.3) is 5.52 Å². The van der Waals surface area contributed by atoms with E-state index in [2.05, 4.69) is 4.98 Å². The van der Waals surface area contributed by atoms with Crippen LogP contribution in [0.1, 0.15) is 21.9 Å². The lowest BCUT2D eigenvalue weighted by Gasteiger charge is -2.06. The van der Waals surface area contributed by atoms with Gasteiger partial charge in [0, 0.05) is 6.20 Å². The molecular weight excluding hydrogens is 252 g/mol. The van der Waals surface area contributed by atoms with Crippen LogP contribution in [-0.2, 0) is 6.61 Å². The molecular formula is C16H14N2O2. The second-order valence-electron chi connectivity index (χ2n) is 4.59. The van der Waals surface area contributed by atoms with Crippen LogP contribution < -0.4 is 4.74 Å². The number of aldehydes is 1. The summed E-state index contributed by atoms with van der Waals surface area (Å²) in [6.07, 6.45) is 2.65. The van der Waals surface area contributed by atoms with Gasteiger partial charge in [-0.1, -0.05) is 18.2 Å². The Morgan fingerprint density at radius 2 is 2.15 bits per heavy atom. The second-order valence-corrected chi connectivity index (χ2v) is 4.59. The molecule has 3 aromatic rings. The Labute approximate surface area is 116 Å². The lowest BCUT2D eigenvalue weighted by atomic mass is 10.2. The molecule has 0 aliphatic rings. The van der Waals surface area contributed by atoms with Crippen molar-refractivity contribution in [2.75, 3.05) is 0 Å². The van der Waals surface area contributed by atoms with E-state index in [9.17, 15) is 4.79 Å². The van der Waals surface area contributed by atoms with Crippen molar-refractivity contribution in [2.24, 2.45) is 0 Å². The van der Waals surface area contributed by atoms with E-state index < -0.39 is 0 Å². The molecule has 4 heteroatoms. The molecule has 4 nitrogen and oxygen atoms in total. The highest BCUT2D eigenvalue weighted by Gasteiger charge is 2.10. The molecule has 2 aromatic heterocycles. The number of pyridine rings is 1. The Hall–Kier alpha value is -2.62. The van der Waals surface area contributed by atoms with Crippen LogP contribution in [-0.4, -0.2) is 15.7 Å². The van der Waals surface area contributed by atoms with Crippen LogP contribution in [0.2, 0.25) is 0 Å². The van der Waals surface area contributed by atoms with Crippen molar-refractivity contribution >= 4 is 11.8 Å². The SMILES string of the molecule is Cc1cccc(OCc2nc(C=O)c3ccccn23)c1. The molecule has 0 aliphatic carbocycles. The fraction of sp³-hybridized carbons (Fsp3) is 0.125. The highest BCUT2D eigenvalue weighted by molar-refractivity contribution is 5.83. The van der Waals surface area contributed by atoms with Gasteiger partial charge in [-0.15, -0.1) is 0 Å². The molecule has 100 valence electrons. The van der Waals surface area contributed by atoms with Crippen molar-refractivity contribution < 1.29 is 9.53 Å². The topological polar surface area (TPSA) is 43.6 Å². The molecule has 20 heavy (non-hydrogen) atoms. The van der Waals surface area contributed by atoms with Gasteiger partial charge in [0.15, 0.2) is 12.1 Å². The molecule has 2 heterocycles. The lowest BCUT2D eigenvalue weighted by Crippen LogP contribution is -2.01. The van der Waals surface area contributed by atoms with E-state index in [1.54, 1.807) is 0 Å². The number of nitrogens with zero attached hydrogens (tertiary/aromatic N) is 2. The monoisotopic (exact) mass is 266 g/mol. The number of benzene rings is 1. The first-order valence-electron chi connectivity index (χ1n) is 6.38. The predicted octanol–water partition coefficient (Wildman–Crippen LogP) is 3.03. The quantitative estimate of drug-likeness (QED) is 0.682. The summed E-state index contributed by atoms with van der Waals surface area (Å²) >= 11 is 0. The molecule has 0 bridgehead atoms. The van der Waals surface area contributed by atoms with E-state index in [1.807, 2.05) is 60.0 Å². The third-order valence-electron chi connectivity index (χ3n) is 3.12. The third-order valence-corrected chi connectivity index (χ3v) is 3.12. The molecule has 3 rings (SSSR count). The Bertz CT molecular complexity index is 762. The Kier molecular flexibility index (Phi) is 3.21. The number of carbonyl (C=O) groups excluding carboxylic acids is 1. The third kappa shape index (κ3) is 2.28. The zero-order valence-electron chi connectivity index (χ0n) is 11.1. The number of rotatable bonds is 4. The Morgan fingerprint density at radius 1 is 1.25 bits per heavy atom. The molecule has 0 spiro atoms. The summed E-state index contributed by atoms with van der Waals surface area (Å²) in [7, 11) is 0. The summed E-state index contributed by atoms with van der Waals surface area (Å²) in [5.74, 6) is 1.51. The number of hydrogen-bond donors (Lipinski definition) is 0. The van der Waals surface area contributed by atoms with Crippen LogP contribution in [0, 0.1) is 6.92 Å². The van der Waals surface area contributed by atoms with Gasteiger partial charge in [0.1, 0.15) is 18.1 Å². The maximum atomic E-state index is 11.0. The van der Waals surface area contributed by atoms with E-state index in [0.29, 0.717) is 18.1 Å². The van der Waals surface area contributed by atoms with Crippen molar-refractivity contribution in [1.29, 1.82) is 0 Å². The van der Waals surface area contributed by atoms with Gasteiger partial charge >= 0.3 is 0 Å². The average Bonchev–Trinajstić information content (AvgIpc) is 2.83. The summed E-state index contributed by atoms with van der Waals surface area (Å²) < 4.78 is 7.61. The van der Waals surface area contributed by atoms with E-state index in [-0.39, 0.29) is 0 Å². The van der Waals surface area contributed by atoms with Gasteiger partial charge in [-0.05, 0) is 36.8 Å². The summed E-state index contributed by atoms with van der Waals surface area (Å²) in [6.45, 7) is 2.34. The van der Waals surface area contributed by atoms with Crippen LogP contribution in [0.3, 0.4) is 0 Å². The van der Waals surface area contributed by atoms with E-state index >= 15 is 0 Å². The second kappa shape index (κ2) is 5.17. The number of carbonyl (C=O) groups is 1. The molecule has 0 unspecified atom stereocenters. The maximum absolute atomic E-state index is 11.0. The molecule has 0 aliphatic heterocycles. The van der Waals surface area contributed by atoms with Gasteiger partial charge in [0.05, 0.1) is 5.52 Å². The minimum atomic E-state index is 0.322. The lowest BCUT2D eigenvalue weighted by molar-refractivity contribution is 0.112. The van der Waals surface area contributed by atoms with Gasteiger partial charge in [-0.3, -0.25) is 4.79 Å². The highest BCUT2D eigenvalue weighted by Crippen LogP contribution is 2.16. The summed E-state index contributed by atoms with van der Waals surface area (Å²) in [5.41, 5.74) is 2.38. The molecule has 0 saturated heterocycles. The van der Waals surface area contributed by atoms with E-state index in [0.717, 1.165) is 23.1 Å². The van der Waals surface area contributed by atoms with Crippen LogP contribution in [0.15, 0.2) is 48.7 Å². The van der Waals surface area contributed by atoms with Crippen molar-refractivity contribution in [3.05, 3.63) is 65.7 Å². The number of imidazole rings is 1. The first-order valence-corrected chi connectivity index (χ1v) is 6.38. The predicted molar refractivity (Wildman–Crippen MR) is 76.1 cm³/mol. The normalized spacial score (nSPS) is 10.7. The zero-order valence-corrected chi connectivity index (χ0v) is 11.1.